The highest BCUT2D eigenvalue weighted by atomic mass is 32.1. The SMILES string of the molecule is Cc1cccc(NC(=O)c2csc(N)n2)c1F. The molecule has 0 radical (unpaired) electrons. The zero-order valence-corrected chi connectivity index (χ0v) is 9.84. The van der Waals surface area contributed by atoms with Crippen molar-refractivity contribution in [3.8, 4) is 0 Å². The minimum absolute atomic E-state index is 0.140. The number of hydrogen-bond donors (Lipinski definition) is 2. The van der Waals surface area contributed by atoms with Gasteiger partial charge in [-0.1, -0.05) is 12.1 Å². The van der Waals surface area contributed by atoms with E-state index in [0.717, 1.165) is 11.3 Å². The first-order valence-corrected chi connectivity index (χ1v) is 5.73. The van der Waals surface area contributed by atoms with Gasteiger partial charge >= 0.3 is 0 Å². The van der Waals surface area contributed by atoms with Crippen LogP contribution >= 0.6 is 11.3 Å². The quantitative estimate of drug-likeness (QED) is 0.861. The van der Waals surface area contributed by atoms with Crippen molar-refractivity contribution in [3.63, 3.8) is 0 Å². The van der Waals surface area contributed by atoms with Gasteiger partial charge < -0.3 is 11.1 Å². The van der Waals surface area contributed by atoms with Crippen molar-refractivity contribution in [2.45, 2.75) is 6.92 Å². The molecule has 0 saturated carbocycles. The number of nitrogens with one attached hydrogen (secondary N) is 1. The second kappa shape index (κ2) is 4.50. The summed E-state index contributed by atoms with van der Waals surface area (Å²) in [5.74, 6) is -0.911. The summed E-state index contributed by atoms with van der Waals surface area (Å²) in [6.45, 7) is 1.63. The second-order valence-electron chi connectivity index (χ2n) is 3.46. The Hall–Kier alpha value is -1.95. The van der Waals surface area contributed by atoms with Gasteiger partial charge in [0, 0.05) is 5.38 Å². The number of nitrogen functional groups attached to an aromatic ring is 1. The van der Waals surface area contributed by atoms with Crippen molar-refractivity contribution >= 4 is 28.1 Å². The molecule has 0 spiro atoms. The molecule has 1 aromatic heterocycles. The Morgan fingerprint density at radius 1 is 1.53 bits per heavy atom. The van der Waals surface area contributed by atoms with Crippen LogP contribution < -0.4 is 11.1 Å². The van der Waals surface area contributed by atoms with Crippen molar-refractivity contribution in [1.29, 1.82) is 0 Å². The van der Waals surface area contributed by atoms with E-state index >= 15 is 0 Å². The molecule has 2 aromatic rings. The van der Waals surface area contributed by atoms with Crippen LogP contribution in [-0.4, -0.2) is 10.9 Å². The second-order valence-corrected chi connectivity index (χ2v) is 4.35. The molecule has 0 unspecified atom stereocenters. The van der Waals surface area contributed by atoms with Crippen LogP contribution in [0.2, 0.25) is 0 Å². The summed E-state index contributed by atoms with van der Waals surface area (Å²) < 4.78 is 13.6. The molecule has 1 amide bonds. The number of halogens is 1. The van der Waals surface area contributed by atoms with E-state index in [4.69, 9.17) is 5.73 Å². The zero-order chi connectivity index (χ0) is 12.4. The number of hydrogen-bond acceptors (Lipinski definition) is 4. The molecule has 0 aliphatic carbocycles. The standard InChI is InChI=1S/C11H10FN3OS/c1-6-3-2-4-7(9(6)12)14-10(16)8-5-17-11(13)15-8/h2-5H,1H3,(H2,13,15)(H,14,16). The molecule has 0 aliphatic heterocycles. The number of nitrogens with zero attached hydrogens (tertiary/aromatic N) is 1. The van der Waals surface area contributed by atoms with Crippen molar-refractivity contribution in [2.75, 3.05) is 11.1 Å². The summed E-state index contributed by atoms with van der Waals surface area (Å²) in [6.07, 6.45) is 0. The summed E-state index contributed by atoms with van der Waals surface area (Å²) in [4.78, 5) is 15.5. The molecule has 0 aliphatic rings. The summed E-state index contributed by atoms with van der Waals surface area (Å²) in [5, 5.41) is 4.29. The lowest BCUT2D eigenvalue weighted by molar-refractivity contribution is 0.102. The largest absolute Gasteiger partial charge is 0.375 e. The maximum Gasteiger partial charge on any atom is 0.275 e. The lowest BCUT2D eigenvalue weighted by atomic mass is 10.2. The molecule has 6 heteroatoms. The fourth-order valence-electron chi connectivity index (χ4n) is 1.32. The van der Waals surface area contributed by atoms with E-state index in [2.05, 4.69) is 10.3 Å². The van der Waals surface area contributed by atoms with Crippen LogP contribution in [-0.2, 0) is 0 Å². The first-order valence-electron chi connectivity index (χ1n) is 4.85. The number of anilines is 2. The maximum atomic E-state index is 13.6. The predicted octanol–water partition coefficient (Wildman–Crippen LogP) is 2.43. The monoisotopic (exact) mass is 251 g/mol. The van der Waals surface area contributed by atoms with E-state index in [0.29, 0.717) is 10.7 Å². The van der Waals surface area contributed by atoms with Gasteiger partial charge in [-0.05, 0) is 18.6 Å². The van der Waals surface area contributed by atoms with Crippen LogP contribution in [0, 0.1) is 12.7 Å². The molecule has 0 fully saturated rings. The Labute approximate surface area is 101 Å². The molecule has 2 rings (SSSR count). The van der Waals surface area contributed by atoms with Crippen LogP contribution in [0.4, 0.5) is 15.2 Å². The lowest BCUT2D eigenvalue weighted by Crippen LogP contribution is -2.13. The molecule has 0 bridgehead atoms. The molecule has 17 heavy (non-hydrogen) atoms. The highest BCUT2D eigenvalue weighted by Gasteiger charge is 2.12. The number of carbonyl (C=O) groups is 1. The number of thiazole rings is 1. The Bertz CT molecular complexity index is 568. The Morgan fingerprint density at radius 2 is 2.29 bits per heavy atom. The molecular formula is C11H10FN3OS. The molecule has 1 heterocycles. The first kappa shape index (κ1) is 11.5. The van der Waals surface area contributed by atoms with Crippen LogP contribution in [0.15, 0.2) is 23.6 Å². The Kier molecular flexibility index (Phi) is 3.06. The molecular weight excluding hydrogens is 241 g/mol. The average Bonchev–Trinajstić information content (AvgIpc) is 2.72. The van der Waals surface area contributed by atoms with E-state index in [1.54, 1.807) is 19.1 Å². The summed E-state index contributed by atoms with van der Waals surface area (Å²) in [7, 11) is 0. The minimum atomic E-state index is -0.470. The van der Waals surface area contributed by atoms with Gasteiger partial charge in [0.2, 0.25) is 0 Å². The summed E-state index contributed by atoms with van der Waals surface area (Å²) in [6, 6.07) is 4.80. The number of aromatic nitrogens is 1. The minimum Gasteiger partial charge on any atom is -0.375 e. The van der Waals surface area contributed by atoms with Crippen molar-refractivity contribution in [1.82, 2.24) is 4.98 Å². The lowest BCUT2D eigenvalue weighted by Gasteiger charge is -2.06. The molecule has 1 aromatic carbocycles. The van der Waals surface area contributed by atoms with Crippen molar-refractivity contribution in [2.24, 2.45) is 0 Å². The molecule has 4 nitrogen and oxygen atoms in total. The molecule has 0 saturated heterocycles. The smallest absolute Gasteiger partial charge is 0.275 e. The number of rotatable bonds is 2. The van der Waals surface area contributed by atoms with E-state index in [9.17, 15) is 9.18 Å². The molecule has 88 valence electrons. The number of benzene rings is 1. The highest BCUT2D eigenvalue weighted by molar-refractivity contribution is 7.13. The fourth-order valence-corrected chi connectivity index (χ4v) is 1.87. The van der Waals surface area contributed by atoms with E-state index < -0.39 is 11.7 Å². The maximum absolute atomic E-state index is 13.6. The fraction of sp³-hybridized carbons (Fsp3) is 0.0909. The first-order chi connectivity index (χ1) is 8.08. The Morgan fingerprint density at radius 3 is 2.94 bits per heavy atom. The number of aryl methyl sites for hydroxylation is 1. The topological polar surface area (TPSA) is 68.0 Å². The normalized spacial score (nSPS) is 10.2. The van der Waals surface area contributed by atoms with Crippen molar-refractivity contribution < 1.29 is 9.18 Å². The van der Waals surface area contributed by atoms with Crippen LogP contribution in [0.5, 0.6) is 0 Å². The van der Waals surface area contributed by atoms with Gasteiger partial charge in [-0.25, -0.2) is 9.37 Å². The third kappa shape index (κ3) is 2.42. The third-order valence-corrected chi connectivity index (χ3v) is 2.87. The zero-order valence-electron chi connectivity index (χ0n) is 9.03. The van der Waals surface area contributed by atoms with Gasteiger partial charge in [0.05, 0.1) is 5.69 Å². The molecule has 3 N–H and O–H groups in total. The van der Waals surface area contributed by atoms with Gasteiger partial charge in [0.15, 0.2) is 5.13 Å². The van der Waals surface area contributed by atoms with E-state index in [-0.39, 0.29) is 11.4 Å². The van der Waals surface area contributed by atoms with Crippen LogP contribution in [0.25, 0.3) is 0 Å². The Balaban J connectivity index is 2.21. The number of carbonyl (C=O) groups excluding carboxylic acids is 1. The van der Waals surface area contributed by atoms with E-state index in [1.807, 2.05) is 0 Å². The van der Waals surface area contributed by atoms with Gasteiger partial charge in [0.25, 0.3) is 5.91 Å². The molecule has 0 atom stereocenters. The van der Waals surface area contributed by atoms with Gasteiger partial charge in [-0.2, -0.15) is 0 Å². The predicted molar refractivity (Wildman–Crippen MR) is 65.6 cm³/mol. The van der Waals surface area contributed by atoms with Gasteiger partial charge in [0.1, 0.15) is 11.5 Å². The number of amides is 1. The highest BCUT2D eigenvalue weighted by Crippen LogP contribution is 2.18. The summed E-state index contributed by atoms with van der Waals surface area (Å²) in [5.41, 5.74) is 6.22. The van der Waals surface area contributed by atoms with Crippen molar-refractivity contribution in [3.05, 3.63) is 40.7 Å². The van der Waals surface area contributed by atoms with Crippen LogP contribution in [0.3, 0.4) is 0 Å². The number of nitrogens with two attached hydrogens (primary N) is 1. The van der Waals surface area contributed by atoms with Gasteiger partial charge in [-0.15, -0.1) is 11.3 Å². The van der Waals surface area contributed by atoms with Gasteiger partial charge in [-0.3, -0.25) is 4.79 Å². The third-order valence-electron chi connectivity index (χ3n) is 2.19. The van der Waals surface area contributed by atoms with Crippen LogP contribution in [0.1, 0.15) is 16.1 Å². The van der Waals surface area contributed by atoms with E-state index in [1.165, 1.54) is 11.4 Å². The summed E-state index contributed by atoms with van der Waals surface area (Å²) >= 11 is 1.16. The average molecular weight is 251 g/mol.